The molecule has 3 heterocycles. The van der Waals surface area contributed by atoms with Crippen LogP contribution in [0.25, 0.3) is 0 Å². The minimum atomic E-state index is -0.844. The van der Waals surface area contributed by atoms with Gasteiger partial charge in [-0.2, -0.15) is 0 Å². The zero-order valence-corrected chi connectivity index (χ0v) is 18.1. The number of nitrogens with zero attached hydrogens (tertiary/aromatic N) is 3. The number of halogens is 1. The Morgan fingerprint density at radius 2 is 1.75 bits per heavy atom. The number of aliphatic hydroxyl groups excluding tert-OH is 1. The number of aromatic nitrogens is 1. The third-order valence-electron chi connectivity index (χ3n) is 5.60. The molecule has 2 fully saturated rings. The molecule has 2 aromatic rings. The second-order valence-corrected chi connectivity index (χ2v) is 8.35. The number of carbonyl (C=O) groups is 3. The highest BCUT2D eigenvalue weighted by molar-refractivity contribution is 6.30. The van der Waals surface area contributed by atoms with Gasteiger partial charge in [0.05, 0.1) is 11.1 Å². The number of urea groups is 1. The van der Waals surface area contributed by atoms with Gasteiger partial charge in [-0.1, -0.05) is 11.6 Å². The molecule has 0 bridgehead atoms. The van der Waals surface area contributed by atoms with E-state index >= 15 is 0 Å². The number of carbonyl (C=O) groups excluding carboxylic acids is 3. The molecule has 4 rings (SSSR count). The second-order valence-electron chi connectivity index (χ2n) is 7.92. The predicted molar refractivity (Wildman–Crippen MR) is 120 cm³/mol. The van der Waals surface area contributed by atoms with E-state index in [0.717, 1.165) is 25.9 Å². The molecule has 2 aliphatic rings. The zero-order chi connectivity index (χ0) is 22.7. The topological polar surface area (TPSA) is 115 Å². The molecule has 2 atom stereocenters. The number of aliphatic hydroxyl groups is 1. The number of benzene rings is 1. The number of likely N-dealkylation sites (tertiary alicyclic amines) is 2. The van der Waals surface area contributed by atoms with Crippen LogP contribution in [0.5, 0.6) is 0 Å². The summed E-state index contributed by atoms with van der Waals surface area (Å²) in [4.78, 5) is 45.1. The van der Waals surface area contributed by atoms with Crippen molar-refractivity contribution in [2.24, 2.45) is 0 Å². The summed E-state index contributed by atoms with van der Waals surface area (Å²) in [6.45, 7) is 1.57. The summed E-state index contributed by atoms with van der Waals surface area (Å²) < 4.78 is 0. The second kappa shape index (κ2) is 9.54. The first kappa shape index (κ1) is 22.0. The lowest BCUT2D eigenvalue weighted by atomic mass is 10.1. The Balaban J connectivity index is 1.39. The lowest BCUT2D eigenvalue weighted by Crippen LogP contribution is -2.45. The molecule has 0 saturated carbocycles. The molecule has 3 N–H and O–H groups in total. The van der Waals surface area contributed by atoms with Crippen molar-refractivity contribution in [2.45, 2.75) is 31.4 Å². The number of anilines is 2. The third kappa shape index (κ3) is 5.00. The maximum Gasteiger partial charge on any atom is 0.323 e. The fourth-order valence-electron chi connectivity index (χ4n) is 3.94. The van der Waals surface area contributed by atoms with Crippen LogP contribution in [0.3, 0.4) is 0 Å². The first-order valence-corrected chi connectivity index (χ1v) is 10.9. The summed E-state index contributed by atoms with van der Waals surface area (Å²) in [5, 5.41) is 15.9. The van der Waals surface area contributed by atoms with Gasteiger partial charge in [-0.15, -0.1) is 0 Å². The summed E-state index contributed by atoms with van der Waals surface area (Å²) >= 11 is 5.80. The zero-order valence-electron chi connectivity index (χ0n) is 17.3. The summed E-state index contributed by atoms with van der Waals surface area (Å²) in [7, 11) is 0. The minimum Gasteiger partial charge on any atom is -0.391 e. The molecule has 1 aromatic heterocycles. The van der Waals surface area contributed by atoms with Crippen molar-refractivity contribution < 1.29 is 19.5 Å². The van der Waals surface area contributed by atoms with E-state index in [9.17, 15) is 19.5 Å². The van der Waals surface area contributed by atoms with Crippen LogP contribution in [-0.2, 0) is 4.79 Å². The summed E-state index contributed by atoms with van der Waals surface area (Å²) in [6, 6.07) is 8.43. The normalized spacial score (nSPS) is 20.3. The molecule has 0 spiro atoms. The van der Waals surface area contributed by atoms with Crippen molar-refractivity contribution in [3.8, 4) is 0 Å². The van der Waals surface area contributed by atoms with Gasteiger partial charge in [0.1, 0.15) is 11.9 Å². The molecule has 168 valence electrons. The fraction of sp³-hybridized carbons (Fsp3) is 0.364. The molecule has 0 unspecified atom stereocenters. The van der Waals surface area contributed by atoms with Gasteiger partial charge in [0.15, 0.2) is 0 Å². The Morgan fingerprint density at radius 1 is 1.03 bits per heavy atom. The van der Waals surface area contributed by atoms with Crippen LogP contribution in [0, 0.1) is 0 Å². The van der Waals surface area contributed by atoms with Crippen LogP contribution in [-0.4, -0.2) is 69.5 Å². The van der Waals surface area contributed by atoms with E-state index in [-0.39, 0.29) is 18.9 Å². The molecule has 4 amide bonds. The molecule has 2 saturated heterocycles. The van der Waals surface area contributed by atoms with Crippen molar-refractivity contribution in [3.63, 3.8) is 0 Å². The van der Waals surface area contributed by atoms with Gasteiger partial charge in [0.2, 0.25) is 5.91 Å². The Morgan fingerprint density at radius 3 is 2.41 bits per heavy atom. The first-order valence-electron chi connectivity index (χ1n) is 10.5. The number of hydrogen-bond donors (Lipinski definition) is 3. The van der Waals surface area contributed by atoms with Gasteiger partial charge in [0.25, 0.3) is 5.91 Å². The van der Waals surface area contributed by atoms with Crippen molar-refractivity contribution in [2.75, 3.05) is 30.3 Å². The van der Waals surface area contributed by atoms with Crippen LogP contribution in [0.4, 0.5) is 16.3 Å². The maximum absolute atomic E-state index is 12.8. The molecular weight excluding hydrogens is 434 g/mol. The van der Waals surface area contributed by atoms with Crippen LogP contribution >= 0.6 is 11.6 Å². The Kier molecular flexibility index (Phi) is 6.57. The lowest BCUT2D eigenvalue weighted by Gasteiger charge is -2.23. The van der Waals surface area contributed by atoms with Crippen molar-refractivity contribution in [3.05, 3.63) is 53.2 Å². The largest absolute Gasteiger partial charge is 0.391 e. The smallest absolute Gasteiger partial charge is 0.323 e. The SMILES string of the molecule is O=C(Nc1ccc(C(=O)N2CCCC2)cc1)[C@H]1C[C@@H](O)CN1C(=O)Nc1ccc(Cl)cn1. The first-order chi connectivity index (χ1) is 15.4. The van der Waals surface area contributed by atoms with E-state index in [0.29, 0.717) is 22.1 Å². The predicted octanol–water partition coefficient (Wildman–Crippen LogP) is 2.58. The quantitative estimate of drug-likeness (QED) is 0.652. The molecule has 2 aliphatic heterocycles. The Hall–Kier alpha value is -3.17. The van der Waals surface area contributed by atoms with Crippen molar-refractivity contribution in [1.82, 2.24) is 14.8 Å². The van der Waals surface area contributed by atoms with Crippen LogP contribution in [0.1, 0.15) is 29.6 Å². The fourth-order valence-corrected chi connectivity index (χ4v) is 4.05. The Labute approximate surface area is 190 Å². The average Bonchev–Trinajstić information content (AvgIpc) is 3.45. The Bertz CT molecular complexity index is 992. The van der Waals surface area contributed by atoms with E-state index in [2.05, 4.69) is 15.6 Å². The third-order valence-corrected chi connectivity index (χ3v) is 5.82. The summed E-state index contributed by atoms with van der Waals surface area (Å²) in [5.41, 5.74) is 1.08. The van der Waals surface area contributed by atoms with Gasteiger partial charge in [-0.3, -0.25) is 14.9 Å². The van der Waals surface area contributed by atoms with Gasteiger partial charge in [0, 0.05) is 43.5 Å². The van der Waals surface area contributed by atoms with Crippen molar-refractivity contribution in [1.29, 1.82) is 0 Å². The highest BCUT2D eigenvalue weighted by Crippen LogP contribution is 2.22. The van der Waals surface area contributed by atoms with E-state index < -0.39 is 24.1 Å². The standard InChI is InChI=1S/C22H24ClN5O4/c23-15-5-8-19(24-12-15)26-22(32)28-13-17(29)11-18(28)20(30)25-16-6-3-14(4-7-16)21(31)27-9-1-2-10-27/h3-8,12,17-18,29H,1-2,9-11,13H2,(H,25,30)(H,24,26,32)/t17-,18-/m1/s1. The van der Waals surface area contributed by atoms with E-state index in [1.165, 1.54) is 11.1 Å². The molecule has 10 heteroatoms. The number of hydrogen-bond acceptors (Lipinski definition) is 5. The van der Waals surface area contributed by atoms with Crippen molar-refractivity contribution >= 4 is 41.0 Å². The summed E-state index contributed by atoms with van der Waals surface area (Å²) in [5.74, 6) is -0.143. The van der Waals surface area contributed by atoms with Gasteiger partial charge < -0.3 is 20.2 Å². The number of pyridine rings is 1. The molecule has 1 aromatic carbocycles. The van der Waals surface area contributed by atoms with Gasteiger partial charge >= 0.3 is 6.03 Å². The highest BCUT2D eigenvalue weighted by atomic mass is 35.5. The number of β-amino-alcohol motifs (C(OH)–C–C–N with tert-alkyl or cyclic N) is 1. The monoisotopic (exact) mass is 457 g/mol. The number of amides is 4. The number of rotatable bonds is 4. The van der Waals surface area contributed by atoms with E-state index in [1.54, 1.807) is 36.4 Å². The minimum absolute atomic E-state index is 0.0158. The van der Waals surface area contributed by atoms with Gasteiger partial charge in [-0.25, -0.2) is 9.78 Å². The number of nitrogens with one attached hydrogen (secondary N) is 2. The van der Waals surface area contributed by atoms with Crippen LogP contribution in [0.2, 0.25) is 5.02 Å². The molecule has 9 nitrogen and oxygen atoms in total. The summed E-state index contributed by atoms with van der Waals surface area (Å²) in [6.07, 6.45) is 2.75. The molecule has 0 aliphatic carbocycles. The van der Waals surface area contributed by atoms with Gasteiger partial charge in [-0.05, 0) is 49.2 Å². The van der Waals surface area contributed by atoms with Crippen LogP contribution < -0.4 is 10.6 Å². The van der Waals surface area contributed by atoms with E-state index in [1.807, 2.05) is 4.90 Å². The average molecular weight is 458 g/mol. The van der Waals surface area contributed by atoms with E-state index in [4.69, 9.17) is 11.6 Å². The maximum atomic E-state index is 12.8. The molecule has 0 radical (unpaired) electrons. The molecular formula is C22H24ClN5O4. The molecule has 32 heavy (non-hydrogen) atoms. The highest BCUT2D eigenvalue weighted by Gasteiger charge is 2.39. The lowest BCUT2D eigenvalue weighted by molar-refractivity contribution is -0.119. The van der Waals surface area contributed by atoms with Crippen LogP contribution in [0.15, 0.2) is 42.6 Å².